The van der Waals surface area contributed by atoms with Crippen molar-refractivity contribution in [2.45, 2.75) is 13.0 Å². The zero-order chi connectivity index (χ0) is 12.5. The molecule has 0 aliphatic heterocycles. The van der Waals surface area contributed by atoms with E-state index in [0.717, 1.165) is 38.3 Å². The molecule has 3 aromatic rings. The minimum atomic E-state index is 0.764. The fourth-order valence-electron chi connectivity index (χ4n) is 1.93. The molecule has 3 rings (SSSR count). The largest absolute Gasteiger partial charge is 0.331 e. The number of aryl methyl sites for hydroxylation is 2. The summed E-state index contributed by atoms with van der Waals surface area (Å²) in [5, 5.41) is 3.14. The highest BCUT2D eigenvalue weighted by Gasteiger charge is 2.05. The van der Waals surface area contributed by atoms with Crippen molar-refractivity contribution in [3.63, 3.8) is 0 Å². The molecule has 2 heterocycles. The maximum Gasteiger partial charge on any atom is 0.178 e. The van der Waals surface area contributed by atoms with E-state index in [1.54, 1.807) is 11.3 Å². The highest BCUT2D eigenvalue weighted by Crippen LogP contribution is 2.20. The summed E-state index contributed by atoms with van der Waals surface area (Å²) < 4.78 is 3.95. The minimum absolute atomic E-state index is 0.764. The summed E-state index contributed by atoms with van der Waals surface area (Å²) in [5.41, 5.74) is 2.20. The number of nitrogens with zero attached hydrogens (tertiary/aromatic N) is 2. The van der Waals surface area contributed by atoms with Gasteiger partial charge in [0.2, 0.25) is 0 Å². The van der Waals surface area contributed by atoms with Crippen LogP contribution in [0.5, 0.6) is 0 Å². The van der Waals surface area contributed by atoms with Gasteiger partial charge in [0, 0.05) is 29.0 Å². The van der Waals surface area contributed by atoms with Crippen molar-refractivity contribution >= 4 is 50.5 Å². The van der Waals surface area contributed by atoms with Gasteiger partial charge in [-0.3, -0.25) is 0 Å². The Morgan fingerprint density at radius 2 is 2.33 bits per heavy atom. The van der Waals surface area contributed by atoms with Crippen molar-refractivity contribution in [1.82, 2.24) is 14.5 Å². The zero-order valence-corrected chi connectivity index (χ0v) is 12.6. The summed E-state index contributed by atoms with van der Waals surface area (Å²) in [7, 11) is 0. The molecule has 0 atom stereocenters. The van der Waals surface area contributed by atoms with Gasteiger partial charge in [0.25, 0.3) is 0 Å². The Kier molecular flexibility index (Phi) is 3.32. The van der Waals surface area contributed by atoms with Gasteiger partial charge in [-0.05, 0) is 30.4 Å². The predicted octanol–water partition coefficient (Wildman–Crippen LogP) is 4.16. The van der Waals surface area contributed by atoms with E-state index in [1.165, 1.54) is 0 Å². The lowest BCUT2D eigenvalue weighted by atomic mass is 10.3. The van der Waals surface area contributed by atoms with E-state index in [9.17, 15) is 0 Å². The van der Waals surface area contributed by atoms with E-state index in [4.69, 9.17) is 12.2 Å². The van der Waals surface area contributed by atoms with Crippen molar-refractivity contribution in [2.75, 3.05) is 0 Å². The Morgan fingerprint density at radius 1 is 1.44 bits per heavy atom. The standard InChI is InChI=1S/C12H10BrN3S2/c13-8-1-2-9-10(7-8)16(12(17)15-9)5-3-11-14-4-6-18-11/h1-2,4,6-7H,3,5H2,(H,15,17). The van der Waals surface area contributed by atoms with Crippen molar-refractivity contribution in [3.8, 4) is 0 Å². The van der Waals surface area contributed by atoms with Crippen molar-refractivity contribution in [3.05, 3.63) is 44.0 Å². The van der Waals surface area contributed by atoms with Crippen LogP contribution >= 0.6 is 39.5 Å². The van der Waals surface area contributed by atoms with Crippen molar-refractivity contribution in [2.24, 2.45) is 0 Å². The van der Waals surface area contributed by atoms with Crippen LogP contribution in [-0.2, 0) is 13.0 Å². The second kappa shape index (κ2) is 4.95. The smallest absolute Gasteiger partial charge is 0.178 e. The Bertz CT molecular complexity index is 727. The number of halogens is 1. The number of imidazole rings is 1. The van der Waals surface area contributed by atoms with Gasteiger partial charge in [0.15, 0.2) is 4.77 Å². The lowest BCUT2D eigenvalue weighted by Gasteiger charge is -2.03. The number of thiazole rings is 1. The van der Waals surface area contributed by atoms with Crippen molar-refractivity contribution in [1.29, 1.82) is 0 Å². The maximum atomic E-state index is 5.37. The molecule has 2 aromatic heterocycles. The summed E-state index contributed by atoms with van der Waals surface area (Å²) in [5.74, 6) is 0. The lowest BCUT2D eigenvalue weighted by Crippen LogP contribution is -2.01. The van der Waals surface area contributed by atoms with Crippen LogP contribution in [0.3, 0.4) is 0 Å². The Hall–Kier alpha value is -0.980. The first-order valence-corrected chi connectivity index (χ1v) is 7.58. The molecule has 1 aromatic carbocycles. The number of hydrogen-bond acceptors (Lipinski definition) is 3. The lowest BCUT2D eigenvalue weighted by molar-refractivity contribution is 0.703. The Morgan fingerprint density at radius 3 is 3.11 bits per heavy atom. The third-order valence-corrected chi connectivity index (χ3v) is 4.43. The van der Waals surface area contributed by atoms with Crippen LogP contribution < -0.4 is 0 Å². The molecule has 0 amide bonds. The predicted molar refractivity (Wildman–Crippen MR) is 80.6 cm³/mol. The molecule has 0 spiro atoms. The molecule has 0 saturated carbocycles. The third kappa shape index (κ3) is 2.28. The Labute approximate surface area is 122 Å². The number of rotatable bonds is 3. The first kappa shape index (κ1) is 12.1. The third-order valence-electron chi connectivity index (χ3n) is 2.77. The fourth-order valence-corrected chi connectivity index (χ4v) is 3.19. The van der Waals surface area contributed by atoms with Crippen LogP contribution in [0, 0.1) is 4.77 Å². The van der Waals surface area contributed by atoms with E-state index < -0.39 is 0 Å². The van der Waals surface area contributed by atoms with Crippen LogP contribution in [0.2, 0.25) is 0 Å². The van der Waals surface area contributed by atoms with Gasteiger partial charge < -0.3 is 9.55 Å². The van der Waals surface area contributed by atoms with E-state index in [-0.39, 0.29) is 0 Å². The van der Waals surface area contributed by atoms with Gasteiger partial charge in [0.1, 0.15) is 0 Å². The van der Waals surface area contributed by atoms with Gasteiger partial charge >= 0.3 is 0 Å². The second-order valence-electron chi connectivity index (χ2n) is 3.92. The molecule has 18 heavy (non-hydrogen) atoms. The first-order chi connectivity index (χ1) is 8.74. The molecule has 0 saturated heterocycles. The molecule has 0 aliphatic rings. The SMILES string of the molecule is S=c1[nH]c2ccc(Br)cc2n1CCc1nccs1. The molecule has 3 nitrogen and oxygen atoms in total. The zero-order valence-electron chi connectivity index (χ0n) is 9.39. The average molecular weight is 340 g/mol. The van der Waals surface area contributed by atoms with Crippen LogP contribution in [0.15, 0.2) is 34.2 Å². The summed E-state index contributed by atoms with van der Waals surface area (Å²) >= 11 is 10.5. The van der Waals surface area contributed by atoms with E-state index in [0.29, 0.717) is 0 Å². The molecule has 92 valence electrons. The number of benzene rings is 1. The van der Waals surface area contributed by atoms with E-state index >= 15 is 0 Å². The molecular formula is C12H10BrN3S2. The van der Waals surface area contributed by atoms with Crippen LogP contribution in [0.1, 0.15) is 5.01 Å². The monoisotopic (exact) mass is 339 g/mol. The molecule has 1 N–H and O–H groups in total. The molecule has 0 aliphatic carbocycles. The van der Waals surface area contributed by atoms with E-state index in [1.807, 2.05) is 23.7 Å². The Balaban J connectivity index is 1.98. The van der Waals surface area contributed by atoms with Crippen LogP contribution in [0.25, 0.3) is 11.0 Å². The number of hydrogen-bond donors (Lipinski definition) is 1. The number of nitrogens with one attached hydrogen (secondary N) is 1. The second-order valence-corrected chi connectivity index (χ2v) is 6.20. The maximum absolute atomic E-state index is 5.37. The molecule has 0 unspecified atom stereocenters. The quantitative estimate of drug-likeness (QED) is 0.727. The average Bonchev–Trinajstić information content (AvgIpc) is 2.94. The summed E-state index contributed by atoms with van der Waals surface area (Å²) in [6.45, 7) is 0.850. The summed E-state index contributed by atoms with van der Waals surface area (Å²) in [6.07, 6.45) is 2.75. The van der Waals surface area contributed by atoms with Crippen LogP contribution in [-0.4, -0.2) is 14.5 Å². The number of aromatic amines is 1. The van der Waals surface area contributed by atoms with Gasteiger partial charge in [0.05, 0.1) is 16.0 Å². The summed E-state index contributed by atoms with van der Waals surface area (Å²) in [6, 6.07) is 6.14. The molecular weight excluding hydrogens is 330 g/mol. The first-order valence-electron chi connectivity index (χ1n) is 5.50. The topological polar surface area (TPSA) is 33.6 Å². The molecule has 6 heteroatoms. The number of H-pyrrole nitrogens is 1. The number of fused-ring (bicyclic) bond motifs is 1. The van der Waals surface area contributed by atoms with Gasteiger partial charge in [-0.1, -0.05) is 15.9 Å². The molecule has 0 radical (unpaired) electrons. The van der Waals surface area contributed by atoms with Crippen molar-refractivity contribution < 1.29 is 0 Å². The van der Waals surface area contributed by atoms with E-state index in [2.05, 4.69) is 36.5 Å². The molecule has 0 bridgehead atoms. The highest BCUT2D eigenvalue weighted by molar-refractivity contribution is 9.10. The highest BCUT2D eigenvalue weighted by atomic mass is 79.9. The van der Waals surface area contributed by atoms with Gasteiger partial charge in [-0.2, -0.15) is 0 Å². The van der Waals surface area contributed by atoms with Crippen LogP contribution in [0.4, 0.5) is 0 Å². The minimum Gasteiger partial charge on any atom is -0.331 e. The van der Waals surface area contributed by atoms with Gasteiger partial charge in [-0.15, -0.1) is 11.3 Å². The number of aromatic nitrogens is 3. The molecule has 0 fully saturated rings. The normalized spacial score (nSPS) is 11.2. The van der Waals surface area contributed by atoms with Gasteiger partial charge in [-0.25, -0.2) is 4.98 Å². The summed E-state index contributed by atoms with van der Waals surface area (Å²) in [4.78, 5) is 7.52. The fraction of sp³-hybridized carbons (Fsp3) is 0.167.